The summed E-state index contributed by atoms with van der Waals surface area (Å²) in [5.41, 5.74) is 3.68. The van der Waals surface area contributed by atoms with Crippen molar-refractivity contribution in [1.29, 1.82) is 0 Å². The minimum Gasteiger partial charge on any atom is -0.465 e. The molecule has 5 N–H and O–H groups in total. The van der Waals surface area contributed by atoms with Crippen molar-refractivity contribution in [3.05, 3.63) is 130 Å². The lowest BCUT2D eigenvalue weighted by atomic mass is 9.83. The van der Waals surface area contributed by atoms with Gasteiger partial charge in [0.2, 0.25) is 35.4 Å². The van der Waals surface area contributed by atoms with Gasteiger partial charge >= 0.3 is 12.2 Å². The predicted octanol–water partition coefficient (Wildman–Crippen LogP) is 6.78. The number of carboxylic acid groups (broad SMARTS) is 1. The van der Waals surface area contributed by atoms with Crippen LogP contribution in [0.2, 0.25) is 0 Å². The molecule has 484 valence electrons. The molecule has 22 heteroatoms. The third-order valence-electron chi connectivity index (χ3n) is 18.4. The van der Waals surface area contributed by atoms with Gasteiger partial charge in [-0.1, -0.05) is 75.4 Å². The second-order valence-electron chi connectivity index (χ2n) is 27.4. The minimum absolute atomic E-state index is 0.0544. The zero-order chi connectivity index (χ0) is 65.1. The van der Waals surface area contributed by atoms with Gasteiger partial charge in [-0.3, -0.25) is 43.5 Å². The van der Waals surface area contributed by atoms with Crippen LogP contribution in [0.5, 0.6) is 0 Å². The predicted molar refractivity (Wildman–Crippen MR) is 338 cm³/mol. The highest BCUT2D eigenvalue weighted by Crippen LogP contribution is 2.43. The van der Waals surface area contributed by atoms with E-state index in [1.807, 2.05) is 75.1 Å². The van der Waals surface area contributed by atoms with E-state index in [1.54, 1.807) is 63.8 Å². The van der Waals surface area contributed by atoms with Crippen LogP contribution in [-0.4, -0.2) is 185 Å². The topological polar surface area (TPSA) is 243 Å². The number of nitrogens with one attached hydrogen (secondary N) is 4. The maximum atomic E-state index is 15.3. The molecule has 0 spiro atoms. The second-order valence-corrected chi connectivity index (χ2v) is 27.4. The Morgan fingerprint density at radius 2 is 1.58 bits per heavy atom. The third kappa shape index (κ3) is 15.3. The lowest BCUT2D eigenvalue weighted by Crippen LogP contribution is -2.64. The second kappa shape index (κ2) is 27.3. The smallest absolute Gasteiger partial charge is 0.410 e. The molecule has 4 aliphatic heterocycles. The van der Waals surface area contributed by atoms with Crippen LogP contribution in [0.4, 0.5) is 25.4 Å². The molecule has 1 aliphatic carbocycles. The van der Waals surface area contributed by atoms with Gasteiger partial charge in [0, 0.05) is 82.2 Å². The van der Waals surface area contributed by atoms with E-state index in [0.717, 1.165) is 40.7 Å². The number of hydrogen-bond acceptors (Lipinski definition) is 12. The quantitative estimate of drug-likeness (QED) is 0.0778. The van der Waals surface area contributed by atoms with Gasteiger partial charge in [0.15, 0.2) is 0 Å². The minimum atomic E-state index is -1.33. The van der Waals surface area contributed by atoms with Crippen LogP contribution in [0.25, 0.3) is 0 Å². The van der Waals surface area contributed by atoms with Crippen molar-refractivity contribution in [1.82, 2.24) is 40.4 Å². The number of nitrogens with zero attached hydrogens (tertiary/aromatic N) is 6. The van der Waals surface area contributed by atoms with Gasteiger partial charge in [0.1, 0.15) is 29.5 Å². The number of fused-ring (bicyclic) bond motifs is 3. The summed E-state index contributed by atoms with van der Waals surface area (Å²) in [5, 5.41) is 22.1. The van der Waals surface area contributed by atoms with Crippen LogP contribution in [0, 0.1) is 11.2 Å². The molecular formula is C68H89FN10O11. The fourth-order valence-corrected chi connectivity index (χ4v) is 13.0. The summed E-state index contributed by atoms with van der Waals surface area (Å²) in [4.78, 5) is 123. The lowest BCUT2D eigenvalue weighted by molar-refractivity contribution is -0.147. The van der Waals surface area contributed by atoms with Gasteiger partial charge in [-0.2, -0.15) is 0 Å². The largest absolute Gasteiger partial charge is 0.465 e. The van der Waals surface area contributed by atoms with Crippen LogP contribution < -0.4 is 26.2 Å². The monoisotopic (exact) mass is 1240 g/mol. The molecule has 0 aromatic heterocycles. The van der Waals surface area contributed by atoms with Gasteiger partial charge in [0.25, 0.3) is 0 Å². The number of morpholine rings is 1. The lowest BCUT2D eigenvalue weighted by Gasteiger charge is -2.47. The summed E-state index contributed by atoms with van der Waals surface area (Å²) >= 11 is 0. The van der Waals surface area contributed by atoms with E-state index in [9.17, 15) is 43.1 Å². The highest BCUT2D eigenvalue weighted by atomic mass is 19.1. The van der Waals surface area contributed by atoms with Crippen molar-refractivity contribution in [2.45, 2.75) is 161 Å². The molecule has 4 heterocycles. The van der Waals surface area contributed by atoms with Crippen molar-refractivity contribution in [2.24, 2.45) is 5.41 Å². The average molecular weight is 1240 g/mol. The molecule has 9 rings (SSSR count). The van der Waals surface area contributed by atoms with Gasteiger partial charge in [-0.25, -0.2) is 14.0 Å². The Balaban J connectivity index is 0.929. The molecule has 4 aromatic carbocycles. The summed E-state index contributed by atoms with van der Waals surface area (Å²) in [5.74, 6) is -3.19. The van der Waals surface area contributed by atoms with E-state index in [4.69, 9.17) is 9.47 Å². The van der Waals surface area contributed by atoms with Crippen molar-refractivity contribution < 1.29 is 57.3 Å². The first-order valence-corrected chi connectivity index (χ1v) is 31.4. The highest BCUT2D eigenvalue weighted by molar-refractivity contribution is 6.04. The number of piperazine rings is 1. The number of amides is 8. The number of ether oxygens (including phenoxy) is 2. The Morgan fingerprint density at radius 3 is 2.28 bits per heavy atom. The first-order valence-electron chi connectivity index (χ1n) is 31.4. The van der Waals surface area contributed by atoms with E-state index in [2.05, 4.69) is 39.2 Å². The summed E-state index contributed by atoms with van der Waals surface area (Å²) < 4.78 is 25.2. The van der Waals surface area contributed by atoms with E-state index in [-0.39, 0.29) is 68.4 Å². The zero-order valence-corrected chi connectivity index (χ0v) is 53.8. The first-order chi connectivity index (χ1) is 42.5. The van der Waals surface area contributed by atoms with Crippen LogP contribution in [0.15, 0.2) is 84.9 Å². The molecule has 90 heavy (non-hydrogen) atoms. The Hall–Kier alpha value is -7.95. The van der Waals surface area contributed by atoms with Crippen molar-refractivity contribution >= 4 is 59.0 Å². The van der Waals surface area contributed by atoms with Crippen LogP contribution in [0.3, 0.4) is 0 Å². The molecule has 8 atom stereocenters. The Morgan fingerprint density at radius 1 is 0.856 bits per heavy atom. The number of carbonyl (C=O) groups excluding carboxylic acids is 7. The van der Waals surface area contributed by atoms with Crippen molar-refractivity contribution in [3.8, 4) is 0 Å². The molecular weight excluding hydrogens is 1150 g/mol. The van der Waals surface area contributed by atoms with E-state index >= 15 is 4.79 Å². The van der Waals surface area contributed by atoms with Gasteiger partial charge in [-0.15, -0.1) is 0 Å². The van der Waals surface area contributed by atoms with Crippen molar-refractivity contribution in [2.75, 3.05) is 76.3 Å². The van der Waals surface area contributed by atoms with E-state index < -0.39 is 83.0 Å². The molecule has 8 amide bonds. The van der Waals surface area contributed by atoms with Gasteiger partial charge in [0.05, 0.1) is 37.8 Å². The average Bonchev–Trinajstić information content (AvgIpc) is 1.57. The summed E-state index contributed by atoms with van der Waals surface area (Å²) in [6.07, 6.45) is 1.27. The zero-order valence-electron chi connectivity index (χ0n) is 53.8. The maximum Gasteiger partial charge on any atom is 0.410 e. The summed E-state index contributed by atoms with van der Waals surface area (Å²) in [6.45, 7) is 19.9. The van der Waals surface area contributed by atoms with E-state index in [1.165, 1.54) is 33.9 Å². The normalized spacial score (nSPS) is 22.6. The van der Waals surface area contributed by atoms with Crippen molar-refractivity contribution in [3.63, 3.8) is 0 Å². The standard InChI is InChI=1S/C68H89FN10O11/c1-41-34-76(51(37-77(41)64(86)87)36-75-27-28-89-39-42(75)2)38-58(81)79-40-68(10,53-26-21-45(30-55(53)79)29-44-19-23-49(69)24-20-44)63(85)70-33-57(80)71-50-25-22-47-32-56(61(83)72-54-18-14-16-46-15-12-13-17-52(46)54)78(35-48(47)31-50)62(84)59(66(4,5)6)73-60(82)43(3)74(11)65(88)90-67(7,8)9/h12-13,15,17,19-26,30-31,41-43,51,54,56,59H,14,16,18,27-29,32-40H2,1-11H3,(H,70,85)(H,71,80)(H,72,83)(H,73,82)(H,86,87)/t41?,42-,43+,51?,54-,56+,59-,68?/m1/s1. The molecule has 4 aromatic rings. The van der Waals surface area contributed by atoms with Gasteiger partial charge in [-0.05, 0) is 149 Å². The maximum absolute atomic E-state index is 15.3. The number of rotatable bonds is 16. The number of hydrogen-bond donors (Lipinski definition) is 5. The summed E-state index contributed by atoms with van der Waals surface area (Å²) in [7, 11) is 1.45. The van der Waals surface area contributed by atoms with Gasteiger partial charge < -0.3 is 50.5 Å². The van der Waals surface area contributed by atoms with E-state index in [0.29, 0.717) is 68.2 Å². The number of carbonyl (C=O) groups is 8. The third-order valence-corrected chi connectivity index (χ3v) is 18.4. The molecule has 0 radical (unpaired) electrons. The molecule has 21 nitrogen and oxygen atoms in total. The Bertz CT molecular complexity index is 3370. The molecule has 0 bridgehead atoms. The number of benzene rings is 4. The molecule has 0 saturated carbocycles. The van der Waals surface area contributed by atoms with Crippen LogP contribution >= 0.6 is 0 Å². The van der Waals surface area contributed by atoms with Crippen LogP contribution in [-0.2, 0) is 69.5 Å². The SMILES string of the molecule is CC1CN(CC(=O)N2CC(C)(C(=O)NCC(=O)Nc3ccc4c(c3)CN(C(=O)[C@@H](NC(=O)[C@H](C)N(C)C(=O)OC(C)(C)C)C(C)(C)C)[C@H](C(=O)N[C@@H]3CCCc5ccccc53)C4)c3ccc(Cc4ccc(F)cc4)cc32)C(CN2CCOC[C@H]2C)CN1C(=O)O. The highest BCUT2D eigenvalue weighted by Gasteiger charge is 2.49. The molecule has 3 unspecified atom stereocenters. The first kappa shape index (κ1) is 66.5. The Kier molecular flexibility index (Phi) is 20.1. The fraction of sp³-hybridized carbons (Fsp3) is 0.529. The molecule has 5 aliphatic rings. The number of likely N-dealkylation sites (N-methyl/N-ethyl adjacent to an activating group) is 1. The fourth-order valence-electron chi connectivity index (χ4n) is 13.0. The summed E-state index contributed by atoms with van der Waals surface area (Å²) in [6, 6.07) is 20.9. The molecule has 2 saturated heterocycles. The Labute approximate surface area is 527 Å². The molecule has 2 fully saturated rings. The number of halogens is 1. The van der Waals surface area contributed by atoms with Crippen LogP contribution in [0.1, 0.15) is 127 Å². The number of aryl methyl sites for hydroxylation is 1. The number of anilines is 2.